The average molecular weight is 347 g/mol. The van der Waals surface area contributed by atoms with Gasteiger partial charge in [-0.2, -0.15) is 13.2 Å². The van der Waals surface area contributed by atoms with E-state index in [0.29, 0.717) is 38.0 Å². The van der Waals surface area contributed by atoms with E-state index < -0.39 is 17.3 Å². The molecule has 1 heterocycles. The first-order valence-electron chi connectivity index (χ1n) is 7.70. The van der Waals surface area contributed by atoms with Crippen molar-refractivity contribution in [1.82, 2.24) is 5.32 Å². The van der Waals surface area contributed by atoms with Crippen molar-refractivity contribution >= 4 is 6.47 Å². The summed E-state index contributed by atoms with van der Waals surface area (Å²) in [4.78, 5) is 9.60. The summed E-state index contributed by atoms with van der Waals surface area (Å²) < 4.78 is 42.2. The van der Waals surface area contributed by atoms with Crippen molar-refractivity contribution in [3.8, 4) is 0 Å². The topological polar surface area (TPSA) is 58.6 Å². The normalized spacial score (nSPS) is 17.5. The van der Waals surface area contributed by atoms with Gasteiger partial charge in [0.2, 0.25) is 0 Å². The van der Waals surface area contributed by atoms with E-state index in [1.807, 2.05) is 20.8 Å². The molecule has 1 aliphatic rings. The third kappa shape index (κ3) is 6.49. The highest BCUT2D eigenvalue weighted by atomic mass is 19.4. The van der Waals surface area contributed by atoms with Crippen LogP contribution in [-0.4, -0.2) is 30.3 Å². The van der Waals surface area contributed by atoms with Crippen LogP contribution in [0.4, 0.5) is 13.2 Å². The third-order valence-electron chi connectivity index (χ3n) is 3.56. The van der Waals surface area contributed by atoms with Crippen molar-refractivity contribution in [2.24, 2.45) is 0 Å². The van der Waals surface area contributed by atoms with Crippen LogP contribution in [0.5, 0.6) is 0 Å². The fourth-order valence-electron chi connectivity index (χ4n) is 2.26. The Bertz CT molecular complexity index is 533. The summed E-state index contributed by atoms with van der Waals surface area (Å²) in [6, 6.07) is 4.97. The van der Waals surface area contributed by atoms with E-state index in [9.17, 15) is 23.1 Å². The molecule has 0 aromatic heterocycles. The molecule has 1 aliphatic heterocycles. The van der Waals surface area contributed by atoms with Gasteiger partial charge in [0.05, 0.1) is 11.2 Å². The van der Waals surface area contributed by atoms with Crippen LogP contribution in [0.15, 0.2) is 24.3 Å². The van der Waals surface area contributed by atoms with Crippen LogP contribution < -0.4 is 5.32 Å². The van der Waals surface area contributed by atoms with Gasteiger partial charge in [0.15, 0.2) is 0 Å². The lowest BCUT2D eigenvalue weighted by molar-refractivity contribution is -0.139. The summed E-state index contributed by atoms with van der Waals surface area (Å²) in [6.45, 7) is 7.16. The van der Waals surface area contributed by atoms with E-state index >= 15 is 0 Å². The van der Waals surface area contributed by atoms with Crippen LogP contribution in [0, 0.1) is 0 Å². The molecule has 0 aliphatic carbocycles. The molecule has 0 bridgehead atoms. The molecular weight excluding hydrogens is 323 g/mol. The molecule has 7 heteroatoms. The van der Waals surface area contributed by atoms with Gasteiger partial charge in [-0.1, -0.05) is 12.1 Å². The number of aliphatic hydroxyl groups is 1. The molecule has 0 saturated carbocycles. The van der Waals surface area contributed by atoms with Crippen molar-refractivity contribution < 1.29 is 27.8 Å². The van der Waals surface area contributed by atoms with Crippen LogP contribution in [0.2, 0.25) is 0 Å². The maximum absolute atomic E-state index is 12.6. The van der Waals surface area contributed by atoms with Gasteiger partial charge in [-0.15, -0.1) is 0 Å². The summed E-state index contributed by atoms with van der Waals surface area (Å²) in [5.74, 6) is 0. The molecule has 0 radical (unpaired) electrons. The van der Waals surface area contributed by atoms with E-state index in [-0.39, 0.29) is 5.60 Å². The number of ether oxygens (including phenoxy) is 1. The van der Waals surface area contributed by atoms with Gasteiger partial charge in [0, 0.05) is 0 Å². The van der Waals surface area contributed by atoms with Gasteiger partial charge < -0.3 is 15.2 Å². The number of carbonyl (C=O) groups excluding carboxylic acids is 1. The van der Waals surface area contributed by atoms with Crippen molar-refractivity contribution in [3.05, 3.63) is 35.4 Å². The summed E-state index contributed by atoms with van der Waals surface area (Å²) in [7, 11) is 0. The number of hydrogen-bond donors (Lipinski definition) is 2. The zero-order chi connectivity index (χ0) is 18.4. The van der Waals surface area contributed by atoms with Crippen molar-refractivity contribution in [1.29, 1.82) is 0 Å². The maximum atomic E-state index is 12.6. The summed E-state index contributed by atoms with van der Waals surface area (Å²) >= 11 is 0. The molecule has 1 saturated heterocycles. The van der Waals surface area contributed by atoms with Gasteiger partial charge in [-0.05, 0) is 64.4 Å². The lowest BCUT2D eigenvalue weighted by Gasteiger charge is -2.33. The highest BCUT2D eigenvalue weighted by Crippen LogP contribution is 2.35. The predicted molar refractivity (Wildman–Crippen MR) is 84.3 cm³/mol. The van der Waals surface area contributed by atoms with Gasteiger partial charge in [-0.25, -0.2) is 0 Å². The number of carbonyl (C=O) groups is 1. The lowest BCUT2D eigenvalue weighted by atomic mass is 9.84. The molecule has 0 atom stereocenters. The van der Waals surface area contributed by atoms with Crippen LogP contribution in [0.1, 0.15) is 44.7 Å². The summed E-state index contributed by atoms with van der Waals surface area (Å²) in [6.07, 6.45) is -3.48. The minimum Gasteiger partial charge on any atom is -0.462 e. The van der Waals surface area contributed by atoms with Crippen molar-refractivity contribution in [2.45, 2.75) is 51.0 Å². The van der Waals surface area contributed by atoms with Gasteiger partial charge in [0.25, 0.3) is 6.47 Å². The number of halogens is 3. The lowest BCUT2D eigenvalue weighted by Crippen LogP contribution is -2.39. The molecule has 0 amide bonds. The Hall–Kier alpha value is -1.60. The quantitative estimate of drug-likeness (QED) is 0.807. The Labute approximate surface area is 140 Å². The van der Waals surface area contributed by atoms with E-state index in [1.165, 1.54) is 6.07 Å². The third-order valence-corrected chi connectivity index (χ3v) is 3.56. The Morgan fingerprint density at radius 1 is 1.21 bits per heavy atom. The van der Waals surface area contributed by atoms with Crippen LogP contribution in [-0.2, 0) is 21.3 Å². The SMILES string of the molecule is CC(C)(C)OC=O.OC1(c2cccc(C(F)(F)F)c2)CCNCC1. The first kappa shape index (κ1) is 20.4. The molecule has 2 rings (SSSR count). The smallest absolute Gasteiger partial charge is 0.416 e. The van der Waals surface area contributed by atoms with Crippen molar-refractivity contribution in [3.63, 3.8) is 0 Å². The highest BCUT2D eigenvalue weighted by Gasteiger charge is 2.35. The largest absolute Gasteiger partial charge is 0.462 e. The first-order valence-corrected chi connectivity index (χ1v) is 7.70. The Kier molecular flexibility index (Phi) is 6.80. The molecule has 1 aromatic rings. The molecular formula is C17H24F3NO3. The highest BCUT2D eigenvalue weighted by molar-refractivity contribution is 5.37. The maximum Gasteiger partial charge on any atom is 0.416 e. The van der Waals surface area contributed by atoms with E-state index in [1.54, 1.807) is 6.07 Å². The Morgan fingerprint density at radius 3 is 2.21 bits per heavy atom. The second-order valence-electron chi connectivity index (χ2n) is 6.69. The Morgan fingerprint density at radius 2 is 1.79 bits per heavy atom. The summed E-state index contributed by atoms with van der Waals surface area (Å²) in [5, 5.41) is 13.4. The zero-order valence-electron chi connectivity index (χ0n) is 14.1. The Balaban J connectivity index is 0.000000351. The van der Waals surface area contributed by atoms with Gasteiger partial charge >= 0.3 is 6.18 Å². The zero-order valence-corrected chi connectivity index (χ0v) is 14.1. The molecule has 4 nitrogen and oxygen atoms in total. The van der Waals surface area contributed by atoms with Gasteiger partial charge in [0.1, 0.15) is 5.60 Å². The van der Waals surface area contributed by atoms with Crippen LogP contribution in [0.3, 0.4) is 0 Å². The molecule has 24 heavy (non-hydrogen) atoms. The van der Waals surface area contributed by atoms with E-state index in [2.05, 4.69) is 10.1 Å². The second kappa shape index (κ2) is 7.98. The number of hydrogen-bond acceptors (Lipinski definition) is 4. The van der Waals surface area contributed by atoms with E-state index in [0.717, 1.165) is 12.1 Å². The van der Waals surface area contributed by atoms with Crippen molar-refractivity contribution in [2.75, 3.05) is 13.1 Å². The monoisotopic (exact) mass is 347 g/mol. The number of rotatable bonds is 2. The number of piperidine rings is 1. The molecule has 2 N–H and O–H groups in total. The number of benzene rings is 1. The molecule has 1 aromatic carbocycles. The fraction of sp³-hybridized carbons (Fsp3) is 0.588. The number of alkyl halides is 3. The predicted octanol–water partition coefficient (Wildman–Crippen LogP) is 3.23. The fourth-order valence-corrected chi connectivity index (χ4v) is 2.26. The van der Waals surface area contributed by atoms with Gasteiger partial charge in [-0.3, -0.25) is 4.79 Å². The molecule has 136 valence electrons. The van der Waals surface area contributed by atoms with E-state index in [4.69, 9.17) is 0 Å². The molecule has 1 fully saturated rings. The molecule has 0 spiro atoms. The molecule has 0 unspecified atom stereocenters. The van der Waals surface area contributed by atoms with Crippen LogP contribution >= 0.6 is 0 Å². The second-order valence-corrected chi connectivity index (χ2v) is 6.69. The first-order chi connectivity index (χ1) is 11.0. The number of nitrogens with one attached hydrogen (secondary N) is 1. The standard InChI is InChI=1S/C12H14F3NO.C5H10O2/c13-12(14,15)10-3-1-2-9(8-10)11(17)4-6-16-7-5-11;1-5(2,3)7-4-6/h1-3,8,16-17H,4-7H2;4H,1-3H3. The average Bonchev–Trinajstić information content (AvgIpc) is 2.47. The minimum atomic E-state index is -4.36. The summed E-state index contributed by atoms with van der Waals surface area (Å²) in [5.41, 5.74) is -1.80. The minimum absolute atomic E-state index is 0.318. The van der Waals surface area contributed by atoms with Crippen LogP contribution in [0.25, 0.3) is 0 Å².